The van der Waals surface area contributed by atoms with Crippen LogP contribution in [0.4, 0.5) is 5.69 Å². The van der Waals surface area contributed by atoms with Crippen LogP contribution in [-0.2, 0) is 19.7 Å². The van der Waals surface area contributed by atoms with E-state index in [4.69, 9.17) is 0 Å². The van der Waals surface area contributed by atoms with Gasteiger partial charge in [0.2, 0.25) is 0 Å². The molecule has 1 aromatic heterocycles. The van der Waals surface area contributed by atoms with Gasteiger partial charge in [-0.3, -0.25) is 4.98 Å². The fourth-order valence-corrected chi connectivity index (χ4v) is 2.35. The van der Waals surface area contributed by atoms with Crippen LogP contribution < -0.4 is 4.90 Å². The number of fused-ring (bicyclic) bond motifs is 1. The third kappa shape index (κ3) is 1.78. The van der Waals surface area contributed by atoms with Gasteiger partial charge in [-0.25, -0.2) is 0 Å². The maximum atomic E-state index is 9.33. The zero-order chi connectivity index (χ0) is 11.7. The molecule has 0 unspecified atom stereocenters. The summed E-state index contributed by atoms with van der Waals surface area (Å²) in [5.41, 5.74) is 4.71. The molecule has 0 radical (unpaired) electrons. The van der Waals surface area contributed by atoms with Gasteiger partial charge in [0.25, 0.3) is 0 Å². The van der Waals surface area contributed by atoms with E-state index in [2.05, 4.69) is 34.1 Å². The lowest BCUT2D eigenvalue weighted by Crippen LogP contribution is -2.16. The lowest BCUT2D eigenvalue weighted by Gasteiger charge is -2.20. The first-order valence-electron chi connectivity index (χ1n) is 5.74. The molecule has 0 saturated heterocycles. The van der Waals surface area contributed by atoms with Crippen LogP contribution in [0.2, 0.25) is 0 Å². The fourth-order valence-electron chi connectivity index (χ4n) is 2.35. The number of aliphatic hydroxyl groups excluding tert-OH is 1. The van der Waals surface area contributed by atoms with Crippen LogP contribution in [0.3, 0.4) is 0 Å². The molecule has 2 heterocycles. The second-order valence-corrected chi connectivity index (χ2v) is 4.29. The summed E-state index contributed by atoms with van der Waals surface area (Å²) in [7, 11) is 0. The number of anilines is 1. The van der Waals surface area contributed by atoms with Gasteiger partial charge in [-0.15, -0.1) is 0 Å². The fraction of sp³-hybridized carbons (Fsp3) is 0.214. The molecule has 1 aromatic carbocycles. The molecule has 1 aliphatic heterocycles. The van der Waals surface area contributed by atoms with E-state index < -0.39 is 0 Å². The van der Waals surface area contributed by atoms with Gasteiger partial charge >= 0.3 is 0 Å². The van der Waals surface area contributed by atoms with Gasteiger partial charge in [0.15, 0.2) is 0 Å². The molecule has 1 N–H and O–H groups in total. The van der Waals surface area contributed by atoms with E-state index >= 15 is 0 Å². The third-order valence-electron chi connectivity index (χ3n) is 3.23. The minimum atomic E-state index is 0.0377. The standard InChI is InChI=1S/C14H14N2O/c17-10-13-7-15-6-5-14(13)16-8-11-3-1-2-4-12(11)9-16/h1-7,17H,8-10H2. The van der Waals surface area contributed by atoms with Crippen LogP contribution in [0.25, 0.3) is 0 Å². The topological polar surface area (TPSA) is 36.4 Å². The zero-order valence-electron chi connectivity index (χ0n) is 9.50. The van der Waals surface area contributed by atoms with E-state index in [0.29, 0.717) is 0 Å². The smallest absolute Gasteiger partial charge is 0.0717 e. The predicted molar refractivity (Wildman–Crippen MR) is 66.5 cm³/mol. The van der Waals surface area contributed by atoms with E-state index in [-0.39, 0.29) is 6.61 Å². The van der Waals surface area contributed by atoms with Crippen LogP contribution in [0.15, 0.2) is 42.7 Å². The molecular formula is C14H14N2O. The van der Waals surface area contributed by atoms with Gasteiger partial charge in [-0.1, -0.05) is 24.3 Å². The first-order valence-corrected chi connectivity index (χ1v) is 5.74. The Balaban J connectivity index is 1.94. The summed E-state index contributed by atoms with van der Waals surface area (Å²) in [6.07, 6.45) is 3.51. The van der Waals surface area contributed by atoms with E-state index in [1.54, 1.807) is 12.4 Å². The third-order valence-corrected chi connectivity index (χ3v) is 3.23. The highest BCUT2D eigenvalue weighted by atomic mass is 16.3. The van der Waals surface area contributed by atoms with Gasteiger partial charge in [-0.05, 0) is 17.2 Å². The Labute approximate surface area is 100 Å². The molecule has 0 amide bonds. The molecule has 2 aromatic rings. The van der Waals surface area contributed by atoms with Gasteiger partial charge < -0.3 is 10.0 Å². The maximum absolute atomic E-state index is 9.33. The van der Waals surface area contributed by atoms with Crippen molar-refractivity contribution in [2.45, 2.75) is 19.7 Å². The molecule has 3 rings (SSSR count). The number of benzene rings is 1. The van der Waals surface area contributed by atoms with Crippen molar-refractivity contribution in [2.24, 2.45) is 0 Å². The van der Waals surface area contributed by atoms with Crippen LogP contribution in [0.5, 0.6) is 0 Å². The average molecular weight is 226 g/mol. The molecule has 0 bridgehead atoms. The minimum absolute atomic E-state index is 0.0377. The van der Waals surface area contributed by atoms with Crippen LogP contribution >= 0.6 is 0 Å². The van der Waals surface area contributed by atoms with Crippen LogP contribution in [0, 0.1) is 0 Å². The monoisotopic (exact) mass is 226 g/mol. The lowest BCUT2D eigenvalue weighted by molar-refractivity contribution is 0.281. The number of nitrogens with zero attached hydrogens (tertiary/aromatic N) is 2. The van der Waals surface area contributed by atoms with Gasteiger partial charge in [0.1, 0.15) is 0 Å². The van der Waals surface area contributed by atoms with Crippen molar-refractivity contribution in [1.82, 2.24) is 4.98 Å². The predicted octanol–water partition coefficient (Wildman–Crippen LogP) is 2.09. The Bertz CT molecular complexity index is 514. The Hall–Kier alpha value is -1.87. The molecule has 3 nitrogen and oxygen atoms in total. The van der Waals surface area contributed by atoms with E-state index in [9.17, 15) is 5.11 Å². The first-order chi connectivity index (χ1) is 8.38. The van der Waals surface area contributed by atoms with Crippen LogP contribution in [-0.4, -0.2) is 10.1 Å². The lowest BCUT2D eigenvalue weighted by atomic mass is 10.1. The second-order valence-electron chi connectivity index (χ2n) is 4.29. The zero-order valence-corrected chi connectivity index (χ0v) is 9.50. The second kappa shape index (κ2) is 4.18. The molecule has 86 valence electrons. The SMILES string of the molecule is OCc1cnccc1N1Cc2ccccc2C1. The highest BCUT2D eigenvalue weighted by Crippen LogP contribution is 2.29. The molecule has 1 aliphatic rings. The van der Waals surface area contributed by atoms with Crippen molar-refractivity contribution in [3.8, 4) is 0 Å². The Morgan fingerprint density at radius 2 is 1.82 bits per heavy atom. The van der Waals surface area contributed by atoms with Gasteiger partial charge in [0, 0.05) is 36.7 Å². The number of aliphatic hydroxyl groups is 1. The van der Waals surface area contributed by atoms with Crippen molar-refractivity contribution in [1.29, 1.82) is 0 Å². The Kier molecular flexibility index (Phi) is 2.53. The van der Waals surface area contributed by atoms with E-state index in [1.807, 2.05) is 6.07 Å². The summed E-state index contributed by atoms with van der Waals surface area (Å²) in [5, 5.41) is 9.33. The average Bonchev–Trinajstić information content (AvgIpc) is 2.82. The molecule has 0 atom stereocenters. The first kappa shape index (κ1) is 10.3. The summed E-state index contributed by atoms with van der Waals surface area (Å²) in [6.45, 7) is 1.86. The summed E-state index contributed by atoms with van der Waals surface area (Å²) >= 11 is 0. The van der Waals surface area contributed by atoms with Crippen LogP contribution in [0.1, 0.15) is 16.7 Å². The van der Waals surface area contributed by atoms with E-state index in [1.165, 1.54) is 11.1 Å². The molecule has 0 fully saturated rings. The van der Waals surface area contributed by atoms with Gasteiger partial charge in [-0.2, -0.15) is 0 Å². The minimum Gasteiger partial charge on any atom is -0.392 e. The summed E-state index contributed by atoms with van der Waals surface area (Å²) in [4.78, 5) is 6.33. The highest BCUT2D eigenvalue weighted by Gasteiger charge is 2.20. The molecule has 3 heteroatoms. The molecule has 0 saturated carbocycles. The normalized spacial score (nSPS) is 13.8. The van der Waals surface area contributed by atoms with Gasteiger partial charge in [0.05, 0.1) is 6.61 Å². The van der Waals surface area contributed by atoms with Crippen molar-refractivity contribution in [3.63, 3.8) is 0 Å². The number of hydrogen-bond donors (Lipinski definition) is 1. The van der Waals surface area contributed by atoms with Crippen molar-refractivity contribution >= 4 is 5.69 Å². The number of rotatable bonds is 2. The molecule has 0 spiro atoms. The van der Waals surface area contributed by atoms with Crippen molar-refractivity contribution < 1.29 is 5.11 Å². The highest BCUT2D eigenvalue weighted by molar-refractivity contribution is 5.55. The Morgan fingerprint density at radius 1 is 1.12 bits per heavy atom. The maximum Gasteiger partial charge on any atom is 0.0717 e. The number of hydrogen-bond acceptors (Lipinski definition) is 3. The van der Waals surface area contributed by atoms with Crippen molar-refractivity contribution in [2.75, 3.05) is 4.90 Å². The molecular weight excluding hydrogens is 212 g/mol. The largest absolute Gasteiger partial charge is 0.392 e. The van der Waals surface area contributed by atoms with E-state index in [0.717, 1.165) is 24.3 Å². The summed E-state index contributed by atoms with van der Waals surface area (Å²) in [5.74, 6) is 0. The molecule has 0 aliphatic carbocycles. The summed E-state index contributed by atoms with van der Waals surface area (Å²) < 4.78 is 0. The summed E-state index contributed by atoms with van der Waals surface area (Å²) in [6, 6.07) is 10.4. The van der Waals surface area contributed by atoms with Crippen molar-refractivity contribution in [3.05, 3.63) is 59.4 Å². The Morgan fingerprint density at radius 3 is 2.47 bits per heavy atom. The number of aromatic nitrogens is 1. The molecule has 17 heavy (non-hydrogen) atoms. The number of pyridine rings is 1. The quantitative estimate of drug-likeness (QED) is 0.851.